The fourth-order valence-electron chi connectivity index (χ4n) is 2.53. The Bertz CT molecular complexity index is 527. The third-order valence-electron chi connectivity index (χ3n) is 3.54. The third-order valence-corrected chi connectivity index (χ3v) is 3.54. The van der Waals surface area contributed by atoms with Crippen LogP contribution in [-0.4, -0.2) is 41.1 Å². The molecule has 0 unspecified atom stereocenters. The van der Waals surface area contributed by atoms with Crippen molar-refractivity contribution < 1.29 is 19.4 Å². The summed E-state index contributed by atoms with van der Waals surface area (Å²) in [7, 11) is 0. The van der Waals surface area contributed by atoms with E-state index in [9.17, 15) is 9.59 Å². The molecule has 2 rings (SSSR count). The van der Waals surface area contributed by atoms with Gasteiger partial charge in [0.25, 0.3) is 5.91 Å². The van der Waals surface area contributed by atoms with Gasteiger partial charge in [0.05, 0.1) is 17.6 Å². The van der Waals surface area contributed by atoms with Crippen molar-refractivity contribution in [3.05, 3.63) is 29.8 Å². The van der Waals surface area contributed by atoms with Gasteiger partial charge in [0, 0.05) is 13.1 Å². The van der Waals surface area contributed by atoms with Gasteiger partial charge in [0.2, 0.25) is 0 Å². The quantitative estimate of drug-likeness (QED) is 0.925. The summed E-state index contributed by atoms with van der Waals surface area (Å²) in [5.41, 5.74) is 0.497. The van der Waals surface area contributed by atoms with Crippen LogP contribution in [0.15, 0.2) is 24.3 Å². The molecule has 1 saturated heterocycles. The number of carbonyl (C=O) groups excluding carboxylic acids is 1. The standard InChI is InChI=1S/C16H21NO4/c1-11(2)21-14-8-4-3-7-13(14)15(18)17-9-5-6-12(10-17)16(19)20/h3-4,7-8,11-12H,5-6,9-10H2,1-2H3,(H,19,20)/t12-/m0/s1. The Morgan fingerprint density at radius 2 is 2.05 bits per heavy atom. The Hall–Kier alpha value is -2.04. The second-order valence-electron chi connectivity index (χ2n) is 5.59. The van der Waals surface area contributed by atoms with E-state index in [0.717, 1.165) is 6.42 Å². The van der Waals surface area contributed by atoms with Gasteiger partial charge in [-0.2, -0.15) is 0 Å². The van der Waals surface area contributed by atoms with Gasteiger partial charge in [-0.15, -0.1) is 0 Å². The smallest absolute Gasteiger partial charge is 0.308 e. The highest BCUT2D eigenvalue weighted by Gasteiger charge is 2.29. The lowest BCUT2D eigenvalue weighted by Gasteiger charge is -2.31. The molecule has 1 heterocycles. The molecule has 5 nitrogen and oxygen atoms in total. The second-order valence-corrected chi connectivity index (χ2v) is 5.59. The molecule has 0 aromatic heterocycles. The van der Waals surface area contributed by atoms with Gasteiger partial charge in [0.1, 0.15) is 5.75 Å². The summed E-state index contributed by atoms with van der Waals surface area (Å²) >= 11 is 0. The summed E-state index contributed by atoms with van der Waals surface area (Å²) in [6.07, 6.45) is 1.33. The molecule has 5 heteroatoms. The molecule has 1 atom stereocenters. The number of hydrogen-bond acceptors (Lipinski definition) is 3. The molecule has 1 aromatic carbocycles. The monoisotopic (exact) mass is 291 g/mol. The van der Waals surface area contributed by atoms with Crippen molar-refractivity contribution in [2.45, 2.75) is 32.8 Å². The van der Waals surface area contributed by atoms with E-state index in [1.165, 1.54) is 0 Å². The van der Waals surface area contributed by atoms with Gasteiger partial charge < -0.3 is 14.7 Å². The van der Waals surface area contributed by atoms with Crippen LogP contribution in [0.5, 0.6) is 5.75 Å². The van der Waals surface area contributed by atoms with Crippen LogP contribution in [0.3, 0.4) is 0 Å². The number of hydrogen-bond donors (Lipinski definition) is 1. The lowest BCUT2D eigenvalue weighted by Crippen LogP contribution is -2.42. The molecule has 21 heavy (non-hydrogen) atoms. The predicted molar refractivity (Wildman–Crippen MR) is 78.5 cm³/mol. The van der Waals surface area contributed by atoms with E-state index in [1.54, 1.807) is 23.1 Å². The number of benzene rings is 1. The normalized spacial score (nSPS) is 18.6. The first-order valence-electron chi connectivity index (χ1n) is 7.26. The van der Waals surface area contributed by atoms with Crippen molar-refractivity contribution in [2.24, 2.45) is 5.92 Å². The van der Waals surface area contributed by atoms with Gasteiger partial charge in [-0.1, -0.05) is 12.1 Å². The molecule has 1 amide bonds. The average Bonchev–Trinajstić information content (AvgIpc) is 2.46. The number of carboxylic acid groups (broad SMARTS) is 1. The van der Waals surface area contributed by atoms with Crippen LogP contribution < -0.4 is 4.74 Å². The molecule has 1 aliphatic rings. The maximum Gasteiger partial charge on any atom is 0.308 e. The molecule has 1 aliphatic heterocycles. The average molecular weight is 291 g/mol. The molecule has 0 radical (unpaired) electrons. The number of carboxylic acids is 1. The second kappa shape index (κ2) is 6.61. The fraction of sp³-hybridized carbons (Fsp3) is 0.500. The minimum Gasteiger partial charge on any atom is -0.490 e. The molecule has 0 saturated carbocycles. The number of piperidine rings is 1. The summed E-state index contributed by atoms with van der Waals surface area (Å²) in [6, 6.07) is 7.11. The Balaban J connectivity index is 2.18. The number of para-hydroxylation sites is 1. The van der Waals surface area contributed by atoms with Gasteiger partial charge in [0.15, 0.2) is 0 Å². The van der Waals surface area contributed by atoms with E-state index >= 15 is 0 Å². The maximum atomic E-state index is 12.6. The zero-order chi connectivity index (χ0) is 15.4. The molecule has 0 aliphatic carbocycles. The van der Waals surface area contributed by atoms with Gasteiger partial charge in [-0.25, -0.2) is 0 Å². The predicted octanol–water partition coefficient (Wildman–Crippen LogP) is 2.41. The third kappa shape index (κ3) is 3.74. The van der Waals surface area contributed by atoms with Crippen LogP contribution in [0.25, 0.3) is 0 Å². The number of amides is 1. The summed E-state index contributed by atoms with van der Waals surface area (Å²) in [6.45, 7) is 4.67. The first-order chi connectivity index (χ1) is 9.99. The van der Waals surface area contributed by atoms with Crippen LogP contribution in [-0.2, 0) is 4.79 Å². The maximum absolute atomic E-state index is 12.6. The number of ether oxygens (including phenoxy) is 1. The van der Waals surface area contributed by atoms with E-state index in [0.29, 0.717) is 24.3 Å². The number of carbonyl (C=O) groups is 2. The van der Waals surface area contributed by atoms with Crippen LogP contribution in [0.4, 0.5) is 0 Å². The lowest BCUT2D eigenvalue weighted by molar-refractivity contribution is -0.143. The highest BCUT2D eigenvalue weighted by atomic mass is 16.5. The molecular weight excluding hydrogens is 270 g/mol. The Labute approximate surface area is 124 Å². The number of aliphatic carboxylic acids is 1. The van der Waals surface area contributed by atoms with E-state index in [4.69, 9.17) is 9.84 Å². The van der Waals surface area contributed by atoms with Gasteiger partial charge in [-0.05, 0) is 38.8 Å². The number of rotatable bonds is 4. The fourth-order valence-corrected chi connectivity index (χ4v) is 2.53. The summed E-state index contributed by atoms with van der Waals surface area (Å²) in [4.78, 5) is 25.3. The molecule has 114 valence electrons. The molecule has 0 spiro atoms. The Kier molecular flexibility index (Phi) is 4.83. The summed E-state index contributed by atoms with van der Waals surface area (Å²) in [5.74, 6) is -0.910. The lowest BCUT2D eigenvalue weighted by atomic mass is 9.97. The topological polar surface area (TPSA) is 66.8 Å². The highest BCUT2D eigenvalue weighted by molar-refractivity contribution is 5.97. The van der Waals surface area contributed by atoms with Crippen LogP contribution in [0.1, 0.15) is 37.0 Å². The summed E-state index contributed by atoms with van der Waals surface area (Å²) in [5, 5.41) is 9.12. The van der Waals surface area contributed by atoms with E-state index in [2.05, 4.69) is 0 Å². The van der Waals surface area contributed by atoms with E-state index in [1.807, 2.05) is 19.9 Å². The van der Waals surface area contributed by atoms with Crippen molar-refractivity contribution in [1.29, 1.82) is 0 Å². The molecule has 1 aromatic rings. The zero-order valence-electron chi connectivity index (χ0n) is 12.4. The van der Waals surface area contributed by atoms with Gasteiger partial charge in [-0.3, -0.25) is 9.59 Å². The SMILES string of the molecule is CC(C)Oc1ccccc1C(=O)N1CCC[C@H](C(=O)O)C1. The minimum absolute atomic E-state index is 0.0212. The molecule has 1 N–H and O–H groups in total. The van der Waals surface area contributed by atoms with Crippen molar-refractivity contribution >= 4 is 11.9 Å². The number of nitrogens with zero attached hydrogens (tertiary/aromatic N) is 1. The van der Waals surface area contributed by atoms with Crippen molar-refractivity contribution in [3.63, 3.8) is 0 Å². The van der Waals surface area contributed by atoms with E-state index in [-0.39, 0.29) is 18.6 Å². The zero-order valence-corrected chi connectivity index (χ0v) is 12.4. The van der Waals surface area contributed by atoms with Crippen molar-refractivity contribution in [3.8, 4) is 5.75 Å². The van der Waals surface area contributed by atoms with E-state index < -0.39 is 11.9 Å². The Morgan fingerprint density at radius 1 is 1.33 bits per heavy atom. The molecule has 0 bridgehead atoms. The summed E-state index contributed by atoms with van der Waals surface area (Å²) < 4.78 is 5.67. The van der Waals surface area contributed by atoms with Crippen LogP contribution >= 0.6 is 0 Å². The van der Waals surface area contributed by atoms with Crippen molar-refractivity contribution in [2.75, 3.05) is 13.1 Å². The first kappa shape index (κ1) is 15.4. The van der Waals surface area contributed by atoms with Gasteiger partial charge >= 0.3 is 5.97 Å². The minimum atomic E-state index is -0.834. The number of likely N-dealkylation sites (tertiary alicyclic amines) is 1. The highest BCUT2D eigenvalue weighted by Crippen LogP contribution is 2.24. The van der Waals surface area contributed by atoms with Crippen LogP contribution in [0.2, 0.25) is 0 Å². The Morgan fingerprint density at radius 3 is 2.71 bits per heavy atom. The first-order valence-corrected chi connectivity index (χ1v) is 7.26. The molecule has 1 fully saturated rings. The largest absolute Gasteiger partial charge is 0.490 e. The van der Waals surface area contributed by atoms with Crippen LogP contribution in [0, 0.1) is 5.92 Å². The van der Waals surface area contributed by atoms with Crippen molar-refractivity contribution in [1.82, 2.24) is 4.90 Å². The molecular formula is C16H21NO4.